The molecule has 0 bridgehead atoms. The molecule has 0 N–H and O–H groups in total. The molecule has 2 aromatic carbocycles. The number of nitro groups is 1. The molecule has 0 atom stereocenters. The maximum Gasteiger partial charge on any atom is 0.293 e. The highest BCUT2D eigenvalue weighted by molar-refractivity contribution is 5.71. The predicted octanol–water partition coefficient (Wildman–Crippen LogP) is 3.26. The molecule has 1 aromatic heterocycles. The van der Waals surface area contributed by atoms with E-state index in [1.54, 1.807) is 12.1 Å². The fourth-order valence-electron chi connectivity index (χ4n) is 3.87. The normalized spacial score (nSPS) is 15.4. The van der Waals surface area contributed by atoms with Gasteiger partial charge in [-0.2, -0.15) is 4.98 Å². The molecule has 0 spiro atoms. The Morgan fingerprint density at radius 2 is 1.81 bits per heavy atom. The van der Waals surface area contributed by atoms with E-state index in [0.29, 0.717) is 42.5 Å². The summed E-state index contributed by atoms with van der Waals surface area (Å²) in [5.41, 5.74) is 2.22. The van der Waals surface area contributed by atoms with Gasteiger partial charge < -0.3 is 23.8 Å². The highest BCUT2D eigenvalue weighted by Crippen LogP contribution is 2.37. The molecule has 3 aromatic rings. The summed E-state index contributed by atoms with van der Waals surface area (Å²) in [6, 6.07) is 11.0. The topological polar surface area (TPSA) is 107 Å². The van der Waals surface area contributed by atoms with E-state index in [2.05, 4.69) is 15.0 Å². The van der Waals surface area contributed by atoms with Gasteiger partial charge in [0.15, 0.2) is 17.3 Å². The van der Waals surface area contributed by atoms with E-state index in [-0.39, 0.29) is 17.4 Å². The molecule has 1 fully saturated rings. The van der Waals surface area contributed by atoms with Crippen molar-refractivity contribution in [3.05, 3.63) is 52.3 Å². The number of hydrogen-bond acceptors (Lipinski definition) is 9. The van der Waals surface area contributed by atoms with Crippen LogP contribution in [0.5, 0.6) is 11.5 Å². The Morgan fingerprint density at radius 3 is 2.55 bits per heavy atom. The average molecular weight is 423 g/mol. The Hall–Kier alpha value is -3.82. The highest BCUT2D eigenvalue weighted by atomic mass is 16.7. The van der Waals surface area contributed by atoms with Crippen molar-refractivity contribution >= 4 is 17.1 Å². The van der Waals surface area contributed by atoms with Gasteiger partial charge in [-0.1, -0.05) is 12.1 Å². The second-order valence-corrected chi connectivity index (χ2v) is 7.34. The summed E-state index contributed by atoms with van der Waals surface area (Å²) in [5.74, 6) is 2.37. The van der Waals surface area contributed by atoms with Crippen molar-refractivity contribution in [1.82, 2.24) is 10.1 Å². The van der Waals surface area contributed by atoms with Crippen LogP contribution in [-0.2, 0) is 6.42 Å². The number of benzene rings is 2. The van der Waals surface area contributed by atoms with Crippen LogP contribution < -0.4 is 19.3 Å². The van der Waals surface area contributed by atoms with Crippen molar-refractivity contribution < 1.29 is 18.9 Å². The lowest BCUT2D eigenvalue weighted by Crippen LogP contribution is -2.46. The van der Waals surface area contributed by atoms with E-state index >= 15 is 0 Å². The van der Waals surface area contributed by atoms with Crippen molar-refractivity contribution in [1.29, 1.82) is 0 Å². The zero-order valence-corrected chi connectivity index (χ0v) is 17.0. The largest absolute Gasteiger partial charge is 0.454 e. The van der Waals surface area contributed by atoms with Crippen molar-refractivity contribution in [2.45, 2.75) is 13.3 Å². The third kappa shape index (κ3) is 3.60. The Labute approximate surface area is 178 Å². The summed E-state index contributed by atoms with van der Waals surface area (Å²) < 4.78 is 16.1. The molecule has 3 heterocycles. The third-order valence-electron chi connectivity index (χ3n) is 5.55. The Morgan fingerprint density at radius 1 is 1.03 bits per heavy atom. The van der Waals surface area contributed by atoms with E-state index in [1.165, 1.54) is 6.07 Å². The summed E-state index contributed by atoms with van der Waals surface area (Å²) in [7, 11) is 0. The average Bonchev–Trinajstić information content (AvgIpc) is 3.48. The minimum Gasteiger partial charge on any atom is -0.454 e. The molecule has 0 unspecified atom stereocenters. The molecule has 160 valence electrons. The van der Waals surface area contributed by atoms with Crippen LogP contribution in [0.3, 0.4) is 0 Å². The summed E-state index contributed by atoms with van der Waals surface area (Å²) in [6.07, 6.45) is 0.636. The number of nitro benzene ring substituents is 1. The van der Waals surface area contributed by atoms with Gasteiger partial charge in [0.05, 0.1) is 4.92 Å². The quantitative estimate of drug-likeness (QED) is 0.451. The molecular weight excluding hydrogens is 402 g/mol. The monoisotopic (exact) mass is 423 g/mol. The summed E-state index contributed by atoms with van der Waals surface area (Å²) in [5, 5.41) is 15.6. The Balaban J connectivity index is 1.34. The molecule has 31 heavy (non-hydrogen) atoms. The van der Waals surface area contributed by atoms with Gasteiger partial charge in [0.2, 0.25) is 6.79 Å². The van der Waals surface area contributed by atoms with Crippen LogP contribution >= 0.6 is 0 Å². The minimum atomic E-state index is -0.361. The first-order chi connectivity index (χ1) is 15.1. The molecule has 0 saturated carbocycles. The molecule has 0 amide bonds. The minimum absolute atomic E-state index is 0.0327. The molecule has 10 nitrogen and oxygen atoms in total. The number of aromatic nitrogens is 2. The van der Waals surface area contributed by atoms with Crippen LogP contribution in [0.4, 0.5) is 17.1 Å². The first-order valence-electron chi connectivity index (χ1n) is 10.1. The number of fused-ring (bicyclic) bond motifs is 1. The first kappa shape index (κ1) is 19.2. The maximum atomic E-state index is 11.8. The number of rotatable bonds is 5. The molecule has 0 radical (unpaired) electrons. The zero-order valence-electron chi connectivity index (χ0n) is 17.0. The second-order valence-electron chi connectivity index (χ2n) is 7.34. The number of aryl methyl sites for hydroxylation is 1. The lowest BCUT2D eigenvalue weighted by molar-refractivity contribution is -0.384. The number of piperazine rings is 1. The van der Waals surface area contributed by atoms with E-state index in [0.717, 1.165) is 30.3 Å². The van der Waals surface area contributed by atoms with Crippen molar-refractivity contribution in [3.63, 3.8) is 0 Å². The molecule has 10 heteroatoms. The van der Waals surface area contributed by atoms with Crippen molar-refractivity contribution in [3.8, 4) is 23.0 Å². The van der Waals surface area contributed by atoms with Crippen LogP contribution in [0.25, 0.3) is 11.5 Å². The SMILES string of the molecule is CCc1noc(-c2ccc(N3CCN(c4ccc5c(c4)OCO5)CC3)c([N+](=O)[O-])c2)n1. The summed E-state index contributed by atoms with van der Waals surface area (Å²) >= 11 is 0. The fraction of sp³-hybridized carbons (Fsp3) is 0.333. The van der Waals surface area contributed by atoms with Crippen LogP contribution in [0, 0.1) is 10.1 Å². The third-order valence-corrected chi connectivity index (χ3v) is 5.55. The number of anilines is 2. The van der Waals surface area contributed by atoms with Crippen LogP contribution in [-0.4, -0.2) is 48.0 Å². The smallest absolute Gasteiger partial charge is 0.293 e. The molecule has 5 rings (SSSR count). The number of hydrogen-bond donors (Lipinski definition) is 0. The maximum absolute atomic E-state index is 11.8. The van der Waals surface area contributed by atoms with Gasteiger partial charge in [-0.25, -0.2) is 0 Å². The van der Waals surface area contributed by atoms with Gasteiger partial charge >= 0.3 is 0 Å². The molecule has 2 aliphatic rings. The number of nitrogens with zero attached hydrogens (tertiary/aromatic N) is 5. The van der Waals surface area contributed by atoms with Crippen molar-refractivity contribution in [2.24, 2.45) is 0 Å². The van der Waals surface area contributed by atoms with Crippen LogP contribution in [0.1, 0.15) is 12.7 Å². The lowest BCUT2D eigenvalue weighted by Gasteiger charge is -2.37. The van der Waals surface area contributed by atoms with Gasteiger partial charge in [-0.3, -0.25) is 10.1 Å². The lowest BCUT2D eigenvalue weighted by atomic mass is 10.1. The predicted molar refractivity (Wildman–Crippen MR) is 113 cm³/mol. The van der Waals surface area contributed by atoms with Crippen molar-refractivity contribution in [2.75, 3.05) is 42.8 Å². The Bertz CT molecular complexity index is 1120. The van der Waals surface area contributed by atoms with E-state index in [1.807, 2.05) is 30.0 Å². The number of ether oxygens (including phenoxy) is 2. The van der Waals surface area contributed by atoms with E-state index in [4.69, 9.17) is 14.0 Å². The molecule has 1 saturated heterocycles. The van der Waals surface area contributed by atoms with Gasteiger partial charge in [-0.05, 0) is 24.3 Å². The van der Waals surface area contributed by atoms with Gasteiger partial charge in [0.1, 0.15) is 5.69 Å². The van der Waals surface area contributed by atoms with Crippen LogP contribution in [0.2, 0.25) is 0 Å². The highest BCUT2D eigenvalue weighted by Gasteiger charge is 2.26. The summed E-state index contributed by atoms with van der Waals surface area (Å²) in [6.45, 7) is 4.97. The molecular formula is C21H21N5O5. The van der Waals surface area contributed by atoms with E-state index in [9.17, 15) is 10.1 Å². The second kappa shape index (κ2) is 7.78. The molecule has 0 aliphatic carbocycles. The fourth-order valence-corrected chi connectivity index (χ4v) is 3.87. The first-order valence-corrected chi connectivity index (χ1v) is 10.1. The van der Waals surface area contributed by atoms with E-state index < -0.39 is 0 Å². The zero-order chi connectivity index (χ0) is 21.4. The Kier molecular flexibility index (Phi) is 4.81. The van der Waals surface area contributed by atoms with Gasteiger partial charge in [-0.15, -0.1) is 0 Å². The summed E-state index contributed by atoms with van der Waals surface area (Å²) in [4.78, 5) is 20.0. The van der Waals surface area contributed by atoms with Gasteiger partial charge in [0, 0.05) is 56.0 Å². The standard InChI is InChI=1S/C21H21N5O5/c1-2-20-22-21(31-23-20)14-3-5-16(17(11-14)26(27)28)25-9-7-24(8-10-25)15-4-6-18-19(12-15)30-13-29-18/h3-6,11-12H,2,7-10,13H2,1H3. The van der Waals surface area contributed by atoms with Gasteiger partial charge in [0.25, 0.3) is 11.6 Å². The molecule has 2 aliphatic heterocycles. The van der Waals surface area contributed by atoms with Crippen LogP contribution in [0.15, 0.2) is 40.9 Å².